The maximum Gasteiger partial charge on any atom is 0.261 e. The summed E-state index contributed by atoms with van der Waals surface area (Å²) >= 11 is 6.25. The zero-order valence-electron chi connectivity index (χ0n) is 20.8. The molecular formula is C27H29ClN6O2S. The summed E-state index contributed by atoms with van der Waals surface area (Å²) in [5, 5.41) is 0.0730. The highest BCUT2D eigenvalue weighted by Gasteiger charge is 2.21. The van der Waals surface area contributed by atoms with E-state index in [9.17, 15) is 8.42 Å². The third-order valence-corrected chi connectivity index (χ3v) is 8.24. The van der Waals surface area contributed by atoms with E-state index in [0.717, 1.165) is 54.9 Å². The first-order chi connectivity index (χ1) is 17.8. The van der Waals surface area contributed by atoms with Crippen LogP contribution in [0, 0.1) is 5.92 Å². The minimum atomic E-state index is -3.80. The summed E-state index contributed by atoms with van der Waals surface area (Å²) in [6.45, 7) is 3.04. The Labute approximate surface area is 222 Å². The highest BCUT2D eigenvalue weighted by molar-refractivity contribution is 7.92. The standard InChI is InChI=1S/C27H29ClN6O2S/c1-33(2)18-19-10-12-34(13-11-19)26-17-29-23-9-8-20(14-24(23)31-26)21-15-25(27(28)30-16-21)32-37(35,36)22-6-4-3-5-7-22/h3-9,14-17,19,32H,10-13,18H2,1-2H3. The summed E-state index contributed by atoms with van der Waals surface area (Å²) in [6, 6.07) is 15.6. The van der Waals surface area contributed by atoms with Crippen LogP contribution in [0.1, 0.15) is 12.8 Å². The maximum atomic E-state index is 12.8. The average Bonchev–Trinajstić information content (AvgIpc) is 2.90. The van der Waals surface area contributed by atoms with Crippen molar-refractivity contribution in [1.29, 1.82) is 0 Å². The summed E-state index contributed by atoms with van der Waals surface area (Å²) in [5.74, 6) is 1.58. The molecule has 0 aliphatic carbocycles. The smallest absolute Gasteiger partial charge is 0.261 e. The molecule has 192 valence electrons. The van der Waals surface area contributed by atoms with Crippen molar-refractivity contribution >= 4 is 44.2 Å². The number of hydrogen-bond donors (Lipinski definition) is 1. The molecule has 0 amide bonds. The molecular weight excluding hydrogens is 508 g/mol. The summed E-state index contributed by atoms with van der Waals surface area (Å²) < 4.78 is 28.2. The van der Waals surface area contributed by atoms with E-state index in [4.69, 9.17) is 16.6 Å². The lowest BCUT2D eigenvalue weighted by atomic mass is 9.96. The van der Waals surface area contributed by atoms with Crippen LogP contribution >= 0.6 is 11.6 Å². The van der Waals surface area contributed by atoms with E-state index >= 15 is 0 Å². The van der Waals surface area contributed by atoms with Gasteiger partial charge in [0.1, 0.15) is 5.82 Å². The molecule has 1 N–H and O–H groups in total. The zero-order valence-corrected chi connectivity index (χ0v) is 22.4. The van der Waals surface area contributed by atoms with Crippen molar-refractivity contribution in [1.82, 2.24) is 19.9 Å². The number of fused-ring (bicyclic) bond motifs is 1. The molecule has 5 rings (SSSR count). The quantitative estimate of drug-likeness (QED) is 0.335. The molecule has 1 fully saturated rings. The van der Waals surface area contributed by atoms with E-state index in [-0.39, 0.29) is 15.7 Å². The molecule has 0 saturated carbocycles. The lowest BCUT2D eigenvalue weighted by molar-refractivity contribution is 0.284. The van der Waals surface area contributed by atoms with Crippen LogP contribution in [-0.2, 0) is 10.0 Å². The third-order valence-electron chi connectivity index (χ3n) is 6.56. The molecule has 8 nitrogen and oxygen atoms in total. The number of nitrogens with one attached hydrogen (secondary N) is 1. The average molecular weight is 537 g/mol. The summed E-state index contributed by atoms with van der Waals surface area (Å²) in [4.78, 5) is 18.5. The number of halogens is 1. The predicted molar refractivity (Wildman–Crippen MR) is 149 cm³/mol. The van der Waals surface area contributed by atoms with Gasteiger partial charge in [-0.05, 0) is 68.8 Å². The molecule has 2 aromatic heterocycles. The fourth-order valence-electron chi connectivity index (χ4n) is 4.68. The van der Waals surface area contributed by atoms with Crippen LogP contribution in [0.15, 0.2) is 71.9 Å². The molecule has 3 heterocycles. The number of nitrogens with zero attached hydrogens (tertiary/aromatic N) is 5. The number of hydrogen-bond acceptors (Lipinski definition) is 7. The first-order valence-corrected chi connectivity index (χ1v) is 14.0. The van der Waals surface area contributed by atoms with Crippen molar-refractivity contribution in [3.8, 4) is 11.1 Å². The lowest BCUT2D eigenvalue weighted by Gasteiger charge is -2.33. The van der Waals surface area contributed by atoms with Crippen molar-refractivity contribution in [2.45, 2.75) is 17.7 Å². The Balaban J connectivity index is 1.39. The first-order valence-electron chi connectivity index (χ1n) is 12.2. The fraction of sp³-hybridized carbons (Fsp3) is 0.296. The van der Waals surface area contributed by atoms with Crippen LogP contribution in [-0.4, -0.2) is 62.0 Å². The zero-order chi connectivity index (χ0) is 26.0. The van der Waals surface area contributed by atoms with Crippen molar-refractivity contribution in [3.63, 3.8) is 0 Å². The Morgan fingerprint density at radius 2 is 1.73 bits per heavy atom. The van der Waals surface area contributed by atoms with Gasteiger partial charge in [-0.3, -0.25) is 9.71 Å². The van der Waals surface area contributed by atoms with E-state index in [2.05, 4.69) is 38.6 Å². The molecule has 37 heavy (non-hydrogen) atoms. The second-order valence-electron chi connectivity index (χ2n) is 9.61. The SMILES string of the molecule is CN(C)CC1CCN(c2cnc3ccc(-c4cnc(Cl)c(NS(=O)(=O)c5ccccc5)c4)cc3n2)CC1. The number of benzene rings is 2. The highest BCUT2D eigenvalue weighted by Crippen LogP contribution is 2.30. The summed E-state index contributed by atoms with van der Waals surface area (Å²) in [6.07, 6.45) is 5.73. The summed E-state index contributed by atoms with van der Waals surface area (Å²) in [5.41, 5.74) is 3.33. The fourth-order valence-corrected chi connectivity index (χ4v) is 5.96. The molecule has 1 aliphatic heterocycles. The largest absolute Gasteiger partial charge is 0.355 e. The maximum absolute atomic E-state index is 12.8. The minimum absolute atomic E-state index is 0.0730. The van der Waals surface area contributed by atoms with Gasteiger partial charge in [0.2, 0.25) is 0 Å². The Kier molecular flexibility index (Phi) is 7.28. The van der Waals surface area contributed by atoms with E-state index in [1.165, 1.54) is 12.1 Å². The Morgan fingerprint density at radius 1 is 0.973 bits per heavy atom. The molecule has 10 heteroatoms. The van der Waals surface area contributed by atoms with E-state index < -0.39 is 10.0 Å². The minimum Gasteiger partial charge on any atom is -0.355 e. The molecule has 1 saturated heterocycles. The molecule has 1 aliphatic rings. The molecule has 0 bridgehead atoms. The van der Waals surface area contributed by atoms with E-state index in [1.807, 2.05) is 24.4 Å². The molecule has 0 radical (unpaired) electrons. The van der Waals surface area contributed by atoms with Gasteiger partial charge in [-0.1, -0.05) is 35.9 Å². The van der Waals surface area contributed by atoms with Gasteiger partial charge in [0.15, 0.2) is 5.15 Å². The van der Waals surface area contributed by atoms with Gasteiger partial charge in [0, 0.05) is 31.4 Å². The van der Waals surface area contributed by atoms with Crippen LogP contribution < -0.4 is 9.62 Å². The van der Waals surface area contributed by atoms with E-state index in [1.54, 1.807) is 30.5 Å². The number of piperidine rings is 1. The topological polar surface area (TPSA) is 91.3 Å². The second-order valence-corrected chi connectivity index (χ2v) is 11.6. The first kappa shape index (κ1) is 25.4. The Hall–Kier alpha value is -3.27. The normalized spacial score (nSPS) is 14.9. The predicted octanol–water partition coefficient (Wildman–Crippen LogP) is 4.92. The van der Waals surface area contributed by atoms with Crippen molar-refractivity contribution in [2.75, 3.05) is 43.4 Å². The third kappa shape index (κ3) is 5.84. The summed E-state index contributed by atoms with van der Waals surface area (Å²) in [7, 11) is 0.439. The van der Waals surface area contributed by atoms with Crippen molar-refractivity contribution in [2.24, 2.45) is 5.92 Å². The molecule has 0 atom stereocenters. The molecule has 0 spiro atoms. The lowest BCUT2D eigenvalue weighted by Crippen LogP contribution is -2.37. The second kappa shape index (κ2) is 10.6. The molecule has 2 aromatic carbocycles. The number of anilines is 2. The van der Waals surface area contributed by atoms with Crippen LogP contribution in [0.5, 0.6) is 0 Å². The molecule has 4 aromatic rings. The van der Waals surface area contributed by atoms with Gasteiger partial charge in [-0.25, -0.2) is 18.4 Å². The van der Waals surface area contributed by atoms with Gasteiger partial charge in [0.25, 0.3) is 10.0 Å². The number of rotatable bonds is 7. The van der Waals surface area contributed by atoms with Crippen LogP contribution in [0.4, 0.5) is 11.5 Å². The highest BCUT2D eigenvalue weighted by atomic mass is 35.5. The van der Waals surface area contributed by atoms with Crippen LogP contribution in [0.3, 0.4) is 0 Å². The van der Waals surface area contributed by atoms with Crippen LogP contribution in [0.2, 0.25) is 5.15 Å². The van der Waals surface area contributed by atoms with Gasteiger partial charge < -0.3 is 9.80 Å². The Morgan fingerprint density at radius 3 is 2.46 bits per heavy atom. The molecule has 0 unspecified atom stereocenters. The number of pyridine rings is 1. The van der Waals surface area contributed by atoms with Crippen molar-refractivity contribution in [3.05, 3.63) is 72.1 Å². The van der Waals surface area contributed by atoms with Crippen molar-refractivity contribution < 1.29 is 8.42 Å². The Bertz CT molecular complexity index is 1510. The van der Waals surface area contributed by atoms with Gasteiger partial charge in [-0.2, -0.15) is 0 Å². The van der Waals surface area contributed by atoms with Gasteiger partial charge >= 0.3 is 0 Å². The van der Waals surface area contributed by atoms with Crippen LogP contribution in [0.25, 0.3) is 22.2 Å². The van der Waals surface area contributed by atoms with E-state index in [0.29, 0.717) is 11.5 Å². The monoisotopic (exact) mass is 536 g/mol. The van der Waals surface area contributed by atoms with Gasteiger partial charge in [0.05, 0.1) is 27.8 Å². The number of sulfonamides is 1. The van der Waals surface area contributed by atoms with Gasteiger partial charge in [-0.15, -0.1) is 0 Å². The number of aromatic nitrogens is 3.